The number of aliphatic carboxylic acids is 1. The summed E-state index contributed by atoms with van der Waals surface area (Å²) in [5.41, 5.74) is 6.67. The highest BCUT2D eigenvalue weighted by Crippen LogP contribution is 2.33. The van der Waals surface area contributed by atoms with E-state index in [-0.39, 0.29) is 25.5 Å². The van der Waals surface area contributed by atoms with Crippen LogP contribution in [0.25, 0.3) is 0 Å². The number of nitrogens with two attached hydrogens (primary N) is 1. The minimum Gasteiger partial charge on any atom is -0.482 e. The van der Waals surface area contributed by atoms with Crippen LogP contribution in [0.3, 0.4) is 0 Å². The van der Waals surface area contributed by atoms with E-state index in [2.05, 4.69) is 0 Å². The highest BCUT2D eigenvalue weighted by atomic mass is 16.5. The fourth-order valence-electron chi connectivity index (χ4n) is 1.67. The van der Waals surface area contributed by atoms with Gasteiger partial charge in [-0.15, -0.1) is 0 Å². The number of carbonyl (C=O) groups excluding carboxylic acids is 1. The van der Waals surface area contributed by atoms with Crippen molar-refractivity contribution in [3.8, 4) is 5.75 Å². The van der Waals surface area contributed by atoms with Crippen LogP contribution in [0.5, 0.6) is 5.75 Å². The molecule has 0 atom stereocenters. The molecule has 1 aliphatic rings. The van der Waals surface area contributed by atoms with Crippen molar-refractivity contribution < 1.29 is 19.4 Å². The molecule has 1 aromatic rings. The van der Waals surface area contributed by atoms with Crippen molar-refractivity contribution in [3.63, 3.8) is 0 Å². The molecule has 0 saturated heterocycles. The van der Waals surface area contributed by atoms with Gasteiger partial charge in [-0.2, -0.15) is 0 Å². The second-order valence-corrected chi connectivity index (χ2v) is 3.70. The topological polar surface area (TPSA) is 92.9 Å². The van der Waals surface area contributed by atoms with Crippen LogP contribution in [0.4, 0.5) is 11.4 Å². The average molecular weight is 236 g/mol. The molecule has 0 unspecified atom stereocenters. The third kappa shape index (κ3) is 2.30. The Morgan fingerprint density at radius 2 is 2.29 bits per heavy atom. The number of carboxylic acid groups (broad SMARTS) is 1. The Bertz CT molecular complexity index is 473. The lowest BCUT2D eigenvalue weighted by Crippen LogP contribution is -2.40. The lowest BCUT2D eigenvalue weighted by Gasteiger charge is -2.29. The first kappa shape index (κ1) is 11.3. The molecule has 90 valence electrons. The Balaban J connectivity index is 2.28. The first-order valence-electron chi connectivity index (χ1n) is 5.12. The zero-order valence-electron chi connectivity index (χ0n) is 9.05. The van der Waals surface area contributed by atoms with Gasteiger partial charge in [-0.25, -0.2) is 0 Å². The normalized spacial score (nSPS) is 14.1. The molecule has 17 heavy (non-hydrogen) atoms. The molecule has 0 fully saturated rings. The molecule has 0 aliphatic carbocycles. The Hall–Kier alpha value is -2.24. The summed E-state index contributed by atoms with van der Waals surface area (Å²) in [4.78, 5) is 23.6. The number of anilines is 2. The summed E-state index contributed by atoms with van der Waals surface area (Å²) in [6.45, 7) is 0.0461. The smallest absolute Gasteiger partial charge is 0.305 e. The summed E-state index contributed by atoms with van der Waals surface area (Å²) in [6.07, 6.45) is -0.111. The number of carbonyl (C=O) groups is 2. The fourth-order valence-corrected chi connectivity index (χ4v) is 1.67. The van der Waals surface area contributed by atoms with Crippen LogP contribution in [0, 0.1) is 0 Å². The average Bonchev–Trinajstić information content (AvgIpc) is 2.27. The number of fused-ring (bicyclic) bond motifs is 1. The van der Waals surface area contributed by atoms with Gasteiger partial charge in [0, 0.05) is 12.2 Å². The summed E-state index contributed by atoms with van der Waals surface area (Å²) >= 11 is 0. The summed E-state index contributed by atoms with van der Waals surface area (Å²) in [5.74, 6) is -0.664. The van der Waals surface area contributed by atoms with E-state index in [0.29, 0.717) is 17.1 Å². The van der Waals surface area contributed by atoms with Gasteiger partial charge in [0.25, 0.3) is 5.91 Å². The molecule has 0 spiro atoms. The zero-order valence-corrected chi connectivity index (χ0v) is 9.05. The molecule has 1 aliphatic heterocycles. The monoisotopic (exact) mass is 236 g/mol. The number of benzene rings is 1. The standard InChI is InChI=1S/C11H12N2O4/c12-7-1-2-9-8(5-7)13(4-3-11(15)16)10(14)6-17-9/h1-2,5H,3-4,6,12H2,(H,15,16). The van der Waals surface area contributed by atoms with Crippen LogP contribution in [0.2, 0.25) is 0 Å². The fraction of sp³-hybridized carbons (Fsp3) is 0.273. The van der Waals surface area contributed by atoms with Crippen LogP contribution in [-0.4, -0.2) is 30.1 Å². The summed E-state index contributed by atoms with van der Waals surface area (Å²) < 4.78 is 5.23. The van der Waals surface area contributed by atoms with Crippen molar-refractivity contribution in [2.75, 3.05) is 23.8 Å². The molecular formula is C11H12N2O4. The van der Waals surface area contributed by atoms with Gasteiger partial charge in [0.05, 0.1) is 12.1 Å². The molecule has 0 radical (unpaired) electrons. The number of hydrogen-bond acceptors (Lipinski definition) is 4. The van der Waals surface area contributed by atoms with Crippen molar-refractivity contribution in [2.24, 2.45) is 0 Å². The Morgan fingerprint density at radius 1 is 1.53 bits per heavy atom. The molecule has 0 saturated carbocycles. The summed E-state index contributed by atoms with van der Waals surface area (Å²) in [6, 6.07) is 4.95. The van der Waals surface area contributed by atoms with Crippen LogP contribution < -0.4 is 15.4 Å². The van der Waals surface area contributed by atoms with Crippen LogP contribution in [0.1, 0.15) is 6.42 Å². The largest absolute Gasteiger partial charge is 0.482 e. The maximum Gasteiger partial charge on any atom is 0.305 e. The minimum absolute atomic E-state index is 0.0729. The van der Waals surface area contributed by atoms with Gasteiger partial charge in [0.2, 0.25) is 0 Å². The number of nitrogens with zero attached hydrogens (tertiary/aromatic N) is 1. The Kier molecular flexibility index (Phi) is 2.86. The lowest BCUT2D eigenvalue weighted by molar-refractivity contribution is -0.136. The molecule has 0 bridgehead atoms. The molecule has 2 rings (SSSR count). The van der Waals surface area contributed by atoms with E-state index < -0.39 is 5.97 Å². The van der Waals surface area contributed by atoms with Gasteiger partial charge < -0.3 is 20.5 Å². The molecule has 1 amide bonds. The van der Waals surface area contributed by atoms with E-state index in [1.807, 2.05) is 0 Å². The maximum atomic E-state index is 11.6. The third-order valence-electron chi connectivity index (χ3n) is 2.48. The molecule has 0 aromatic heterocycles. The van der Waals surface area contributed by atoms with Gasteiger partial charge >= 0.3 is 5.97 Å². The second kappa shape index (κ2) is 4.32. The van der Waals surface area contributed by atoms with E-state index in [1.165, 1.54) is 4.90 Å². The van der Waals surface area contributed by atoms with E-state index in [1.54, 1.807) is 18.2 Å². The maximum absolute atomic E-state index is 11.6. The van der Waals surface area contributed by atoms with E-state index in [4.69, 9.17) is 15.6 Å². The van der Waals surface area contributed by atoms with Crippen molar-refractivity contribution in [1.82, 2.24) is 0 Å². The van der Waals surface area contributed by atoms with Gasteiger partial charge in [-0.1, -0.05) is 0 Å². The minimum atomic E-state index is -0.949. The van der Waals surface area contributed by atoms with Crippen LogP contribution >= 0.6 is 0 Å². The number of nitrogen functional groups attached to an aromatic ring is 1. The SMILES string of the molecule is Nc1ccc2c(c1)N(CCC(=O)O)C(=O)CO2. The predicted octanol–water partition coefficient (Wildman–Crippen LogP) is 0.469. The first-order valence-corrected chi connectivity index (χ1v) is 5.12. The molecule has 6 heteroatoms. The van der Waals surface area contributed by atoms with Crippen LogP contribution in [-0.2, 0) is 9.59 Å². The predicted molar refractivity (Wildman–Crippen MR) is 61.0 cm³/mol. The summed E-state index contributed by atoms with van der Waals surface area (Å²) in [5, 5.41) is 8.64. The number of amides is 1. The van der Waals surface area contributed by atoms with Gasteiger partial charge in [-0.05, 0) is 18.2 Å². The van der Waals surface area contributed by atoms with E-state index in [9.17, 15) is 9.59 Å². The van der Waals surface area contributed by atoms with Crippen molar-refractivity contribution in [1.29, 1.82) is 0 Å². The van der Waals surface area contributed by atoms with Crippen LogP contribution in [0.15, 0.2) is 18.2 Å². The Labute approximate surface area is 97.6 Å². The van der Waals surface area contributed by atoms with Gasteiger partial charge in [-0.3, -0.25) is 9.59 Å². The third-order valence-corrected chi connectivity index (χ3v) is 2.48. The van der Waals surface area contributed by atoms with Gasteiger partial charge in [0.1, 0.15) is 5.75 Å². The number of ether oxygens (including phenoxy) is 1. The molecule has 1 heterocycles. The van der Waals surface area contributed by atoms with E-state index >= 15 is 0 Å². The number of rotatable bonds is 3. The molecule has 3 N–H and O–H groups in total. The Morgan fingerprint density at radius 3 is 3.00 bits per heavy atom. The van der Waals surface area contributed by atoms with Crippen molar-refractivity contribution in [3.05, 3.63) is 18.2 Å². The van der Waals surface area contributed by atoms with Crippen molar-refractivity contribution >= 4 is 23.3 Å². The highest BCUT2D eigenvalue weighted by Gasteiger charge is 2.25. The zero-order chi connectivity index (χ0) is 12.4. The quantitative estimate of drug-likeness (QED) is 0.744. The number of carboxylic acids is 1. The first-order chi connectivity index (χ1) is 8.08. The van der Waals surface area contributed by atoms with E-state index in [0.717, 1.165) is 0 Å². The lowest BCUT2D eigenvalue weighted by atomic mass is 10.2. The number of hydrogen-bond donors (Lipinski definition) is 2. The molecule has 1 aromatic carbocycles. The highest BCUT2D eigenvalue weighted by molar-refractivity contribution is 5.98. The second-order valence-electron chi connectivity index (χ2n) is 3.70. The van der Waals surface area contributed by atoms with Gasteiger partial charge in [0.15, 0.2) is 6.61 Å². The van der Waals surface area contributed by atoms with Crippen molar-refractivity contribution in [2.45, 2.75) is 6.42 Å². The molecular weight excluding hydrogens is 224 g/mol. The molecule has 6 nitrogen and oxygen atoms in total. The summed E-state index contributed by atoms with van der Waals surface area (Å²) in [7, 11) is 0.